The first-order valence-electron chi connectivity index (χ1n) is 14.5. The molecule has 0 unspecified atom stereocenters. The number of hydrogen-bond donors (Lipinski definition) is 0. The van der Waals surface area contributed by atoms with E-state index < -0.39 is 11.6 Å². The number of nitrogens with zero attached hydrogens (tertiary/aromatic N) is 1. The molecule has 2 heterocycles. The van der Waals surface area contributed by atoms with Crippen LogP contribution in [-0.4, -0.2) is 55.9 Å². The van der Waals surface area contributed by atoms with Crippen LogP contribution in [0.1, 0.15) is 75.7 Å². The van der Waals surface area contributed by atoms with Gasteiger partial charge in [-0.3, -0.25) is 4.90 Å². The Balaban J connectivity index is 0.892. The van der Waals surface area contributed by atoms with E-state index in [-0.39, 0.29) is 0 Å². The Morgan fingerprint density at radius 3 is 2.19 bits per heavy atom. The summed E-state index contributed by atoms with van der Waals surface area (Å²) in [5.41, 5.74) is 1.36. The summed E-state index contributed by atoms with van der Waals surface area (Å²) >= 11 is 0. The van der Waals surface area contributed by atoms with Gasteiger partial charge in [-0.2, -0.15) is 19.6 Å². The van der Waals surface area contributed by atoms with Crippen molar-refractivity contribution in [1.82, 2.24) is 4.90 Å². The lowest BCUT2D eigenvalue weighted by Crippen LogP contribution is -2.64. The van der Waals surface area contributed by atoms with Gasteiger partial charge in [0.2, 0.25) is 11.6 Å². The van der Waals surface area contributed by atoms with Gasteiger partial charge in [0.05, 0.1) is 6.61 Å². The predicted molar refractivity (Wildman–Crippen MR) is 132 cm³/mol. The molecular formula is C29H41NO6. The molecule has 198 valence electrons. The molecule has 8 rings (SSSR count). The highest BCUT2D eigenvalue weighted by atomic mass is 17.4. The molecule has 5 saturated carbocycles. The van der Waals surface area contributed by atoms with Gasteiger partial charge >= 0.3 is 0 Å². The molecule has 0 N–H and O–H groups in total. The second-order valence-corrected chi connectivity index (χ2v) is 12.3. The molecule has 0 radical (unpaired) electrons. The van der Waals surface area contributed by atoms with Crippen molar-refractivity contribution >= 4 is 0 Å². The van der Waals surface area contributed by atoms with Crippen molar-refractivity contribution in [3.05, 3.63) is 29.8 Å². The molecule has 4 bridgehead atoms. The van der Waals surface area contributed by atoms with E-state index >= 15 is 0 Å². The van der Waals surface area contributed by atoms with E-state index in [9.17, 15) is 0 Å². The fraction of sp³-hybridized carbons (Fsp3) is 0.793. The lowest BCUT2D eigenvalue weighted by Gasteiger charge is -2.60. The third-order valence-electron chi connectivity index (χ3n) is 10.0. The summed E-state index contributed by atoms with van der Waals surface area (Å²) in [6.45, 7) is 5.46. The number of ether oxygens (including phenoxy) is 2. The summed E-state index contributed by atoms with van der Waals surface area (Å²) in [7, 11) is 0. The van der Waals surface area contributed by atoms with Crippen LogP contribution in [0.2, 0.25) is 0 Å². The molecule has 1 aromatic rings. The Kier molecular flexibility index (Phi) is 6.51. The second-order valence-electron chi connectivity index (χ2n) is 12.3. The quantitative estimate of drug-likeness (QED) is 0.516. The van der Waals surface area contributed by atoms with E-state index in [1.54, 1.807) is 0 Å². The molecule has 7 fully saturated rings. The van der Waals surface area contributed by atoms with Crippen LogP contribution in [0.25, 0.3) is 0 Å². The molecule has 2 saturated heterocycles. The zero-order valence-electron chi connectivity index (χ0n) is 21.4. The minimum Gasteiger partial charge on any atom is -0.492 e. The first kappa shape index (κ1) is 23.9. The molecule has 5 aliphatic carbocycles. The van der Waals surface area contributed by atoms with Gasteiger partial charge in [-0.1, -0.05) is 12.1 Å². The van der Waals surface area contributed by atoms with Gasteiger partial charge in [-0.25, -0.2) is 0 Å². The average molecular weight is 500 g/mol. The van der Waals surface area contributed by atoms with Gasteiger partial charge in [0.15, 0.2) is 0 Å². The van der Waals surface area contributed by atoms with Crippen LogP contribution < -0.4 is 4.74 Å². The minimum absolute atomic E-state index is 0.418. The first-order valence-corrected chi connectivity index (χ1v) is 14.5. The van der Waals surface area contributed by atoms with Gasteiger partial charge in [0.1, 0.15) is 12.4 Å². The minimum atomic E-state index is -0.752. The van der Waals surface area contributed by atoms with E-state index in [4.69, 9.17) is 29.0 Å². The summed E-state index contributed by atoms with van der Waals surface area (Å²) in [6, 6.07) is 8.66. The van der Waals surface area contributed by atoms with E-state index in [2.05, 4.69) is 29.2 Å². The second kappa shape index (κ2) is 9.83. The maximum Gasteiger partial charge on any atom is 0.239 e. The topological polar surface area (TPSA) is 58.6 Å². The van der Waals surface area contributed by atoms with Crippen molar-refractivity contribution in [1.29, 1.82) is 0 Å². The van der Waals surface area contributed by atoms with Crippen LogP contribution in [0.4, 0.5) is 0 Å². The van der Waals surface area contributed by atoms with Crippen molar-refractivity contribution < 1.29 is 29.0 Å². The Morgan fingerprint density at radius 2 is 1.50 bits per heavy atom. The van der Waals surface area contributed by atoms with Crippen molar-refractivity contribution in [3.8, 4) is 5.75 Å². The zero-order chi connectivity index (χ0) is 24.0. The van der Waals surface area contributed by atoms with Gasteiger partial charge in [-0.15, -0.1) is 0 Å². The van der Waals surface area contributed by atoms with Crippen LogP contribution in [0.3, 0.4) is 0 Å². The highest BCUT2D eigenvalue weighted by molar-refractivity contribution is 5.30. The van der Waals surface area contributed by atoms with E-state index in [0.29, 0.717) is 24.4 Å². The molecular weight excluding hydrogens is 458 g/mol. The predicted octanol–water partition coefficient (Wildman–Crippen LogP) is 5.20. The largest absolute Gasteiger partial charge is 0.492 e. The van der Waals surface area contributed by atoms with Crippen LogP contribution >= 0.6 is 0 Å². The molecule has 2 spiro atoms. The van der Waals surface area contributed by atoms with Crippen molar-refractivity contribution in [3.63, 3.8) is 0 Å². The normalized spacial score (nSPS) is 42.6. The Morgan fingerprint density at radius 1 is 0.806 bits per heavy atom. The molecule has 2 aliphatic heterocycles. The Hall–Kier alpha value is -1.22. The maximum absolute atomic E-state index is 6.21. The van der Waals surface area contributed by atoms with Gasteiger partial charge in [0.25, 0.3) is 0 Å². The SMILES string of the molecule is c1cc(C2CCC3(CC2)OOC2(OO3)C3CC4CC(C3)CC2C4)ccc1OCCN1CCCOCC1. The van der Waals surface area contributed by atoms with Crippen molar-refractivity contribution in [2.75, 3.05) is 39.5 Å². The summed E-state index contributed by atoms with van der Waals surface area (Å²) < 4.78 is 11.6. The van der Waals surface area contributed by atoms with Crippen LogP contribution in [-0.2, 0) is 24.3 Å². The van der Waals surface area contributed by atoms with E-state index in [0.717, 1.165) is 82.5 Å². The number of hydrogen-bond acceptors (Lipinski definition) is 7. The fourth-order valence-electron chi connectivity index (χ4n) is 8.13. The summed E-state index contributed by atoms with van der Waals surface area (Å²) in [5.74, 6) is 2.56. The molecule has 7 aliphatic rings. The van der Waals surface area contributed by atoms with Gasteiger partial charge < -0.3 is 9.47 Å². The molecule has 0 amide bonds. The van der Waals surface area contributed by atoms with E-state index in [1.807, 2.05) is 0 Å². The van der Waals surface area contributed by atoms with Gasteiger partial charge in [0, 0.05) is 50.9 Å². The highest BCUT2D eigenvalue weighted by Crippen LogP contribution is 2.62. The monoisotopic (exact) mass is 499 g/mol. The number of benzene rings is 1. The molecule has 0 atom stereocenters. The van der Waals surface area contributed by atoms with Crippen molar-refractivity contribution in [2.24, 2.45) is 23.7 Å². The van der Waals surface area contributed by atoms with Gasteiger partial charge in [-0.05, 0) is 86.8 Å². The Bertz CT molecular complexity index is 850. The molecule has 0 aromatic heterocycles. The van der Waals surface area contributed by atoms with Crippen LogP contribution in [0.5, 0.6) is 5.75 Å². The summed E-state index contributed by atoms with van der Waals surface area (Å²) in [5, 5.41) is 0. The number of rotatable bonds is 5. The molecule has 1 aromatic carbocycles. The maximum atomic E-state index is 6.21. The summed E-state index contributed by atoms with van der Waals surface area (Å²) in [6.07, 6.45) is 10.8. The third-order valence-corrected chi connectivity index (χ3v) is 10.0. The smallest absolute Gasteiger partial charge is 0.239 e. The molecule has 7 heteroatoms. The lowest BCUT2D eigenvalue weighted by atomic mass is 9.53. The van der Waals surface area contributed by atoms with Crippen LogP contribution in [0, 0.1) is 23.7 Å². The molecule has 36 heavy (non-hydrogen) atoms. The van der Waals surface area contributed by atoms with Crippen molar-refractivity contribution in [2.45, 2.75) is 81.7 Å². The fourth-order valence-corrected chi connectivity index (χ4v) is 8.13. The lowest BCUT2D eigenvalue weighted by molar-refractivity contribution is -0.680. The Labute approximate surface area is 214 Å². The third kappa shape index (κ3) is 4.50. The standard InChI is InChI=1S/C29H41NO6/c1-10-30(11-14-31-13-1)12-15-32-27-4-2-23(3-5-27)24-6-8-28(9-7-24)33-35-29(36-34-28)25-17-21-16-22(19-25)20-26(29)18-21/h2-5,21-22,24-26H,1,6-20H2. The highest BCUT2D eigenvalue weighted by Gasteiger charge is 2.64. The summed E-state index contributed by atoms with van der Waals surface area (Å²) in [4.78, 5) is 27.1. The average Bonchev–Trinajstić information content (AvgIpc) is 3.18. The van der Waals surface area contributed by atoms with E-state index in [1.165, 1.54) is 37.7 Å². The van der Waals surface area contributed by atoms with Crippen LogP contribution in [0.15, 0.2) is 24.3 Å². The first-order chi connectivity index (χ1) is 17.7. The zero-order valence-corrected chi connectivity index (χ0v) is 21.4. The molecule has 7 nitrogen and oxygen atoms in total.